The molecule has 5 aromatic rings. The highest BCUT2D eigenvalue weighted by molar-refractivity contribution is 5.88. The zero-order valence-corrected chi connectivity index (χ0v) is 17.3. The number of rotatable bonds is 3. The van der Waals surface area contributed by atoms with Gasteiger partial charge in [0.05, 0.1) is 11.2 Å². The van der Waals surface area contributed by atoms with Gasteiger partial charge in [0.25, 0.3) is 0 Å². The molecule has 0 spiro atoms. The average molecular weight is 386 g/mol. The zero-order chi connectivity index (χ0) is 20.5. The topological polar surface area (TPSA) is 12.9 Å². The minimum Gasteiger partial charge on any atom is -0.248 e. The van der Waals surface area contributed by atoms with E-state index in [9.17, 15) is 0 Å². The normalized spacial score (nSPS) is 11.0. The third kappa shape index (κ3) is 3.29. The first-order chi connectivity index (χ1) is 14.7. The van der Waals surface area contributed by atoms with Gasteiger partial charge in [-0.15, -0.1) is 0 Å². The molecule has 1 aromatic heterocycles. The van der Waals surface area contributed by atoms with Crippen LogP contribution in [0.3, 0.4) is 0 Å². The van der Waals surface area contributed by atoms with Gasteiger partial charge in [0.15, 0.2) is 0 Å². The summed E-state index contributed by atoms with van der Waals surface area (Å²) in [5.74, 6) is 0. The van der Waals surface area contributed by atoms with E-state index in [0.717, 1.165) is 16.6 Å². The highest BCUT2D eigenvalue weighted by Gasteiger charge is 2.10. The second-order valence-corrected chi connectivity index (χ2v) is 7.76. The van der Waals surface area contributed by atoms with E-state index >= 15 is 0 Å². The van der Waals surface area contributed by atoms with Gasteiger partial charge >= 0.3 is 0 Å². The van der Waals surface area contributed by atoms with Gasteiger partial charge in [-0.05, 0) is 65.4 Å². The molecule has 1 heterocycles. The maximum Gasteiger partial charge on any atom is 0.0712 e. The molecule has 1 heteroatoms. The molecule has 0 radical (unpaired) electrons. The lowest BCUT2D eigenvalue weighted by Crippen LogP contribution is -1.92. The Kier molecular flexibility index (Phi) is 4.65. The molecule has 144 valence electrons. The molecule has 30 heavy (non-hydrogen) atoms. The lowest BCUT2D eigenvalue weighted by atomic mass is 9.94. The number of hydrogen-bond donors (Lipinski definition) is 0. The molecule has 0 aliphatic rings. The van der Waals surface area contributed by atoms with Crippen molar-refractivity contribution in [2.75, 3.05) is 0 Å². The standard InChI is InChI=1S/C29H23N/c1-20-9-6-7-12-25(20)23-15-17-28-24(19-23)16-18-29(30-28)27-14-8-13-26(21(27)2)22-10-4-3-5-11-22/h3-19H,1-2H3. The van der Waals surface area contributed by atoms with Gasteiger partial charge in [-0.3, -0.25) is 0 Å². The second kappa shape index (κ2) is 7.61. The molecule has 1 nitrogen and oxygen atoms in total. The van der Waals surface area contributed by atoms with Gasteiger partial charge in [-0.1, -0.05) is 84.9 Å². The van der Waals surface area contributed by atoms with E-state index in [1.807, 2.05) is 0 Å². The van der Waals surface area contributed by atoms with Crippen molar-refractivity contribution in [2.45, 2.75) is 13.8 Å². The van der Waals surface area contributed by atoms with E-state index in [0.29, 0.717) is 0 Å². The predicted molar refractivity (Wildman–Crippen MR) is 128 cm³/mol. The Balaban J connectivity index is 1.58. The van der Waals surface area contributed by atoms with Crippen LogP contribution in [0.1, 0.15) is 11.1 Å². The smallest absolute Gasteiger partial charge is 0.0712 e. The molecule has 0 aliphatic carbocycles. The molecule has 5 rings (SSSR count). The van der Waals surface area contributed by atoms with Gasteiger partial charge in [0.2, 0.25) is 0 Å². The summed E-state index contributed by atoms with van der Waals surface area (Å²) in [7, 11) is 0. The molecule has 0 atom stereocenters. The fourth-order valence-corrected chi connectivity index (χ4v) is 4.18. The highest BCUT2D eigenvalue weighted by Crippen LogP contribution is 2.32. The summed E-state index contributed by atoms with van der Waals surface area (Å²) < 4.78 is 0. The summed E-state index contributed by atoms with van der Waals surface area (Å²) in [6.07, 6.45) is 0. The first-order valence-corrected chi connectivity index (χ1v) is 10.3. The lowest BCUT2D eigenvalue weighted by molar-refractivity contribution is 1.36. The number of fused-ring (bicyclic) bond motifs is 1. The maximum absolute atomic E-state index is 5.00. The number of aryl methyl sites for hydroxylation is 1. The Morgan fingerprint density at radius 1 is 0.533 bits per heavy atom. The maximum atomic E-state index is 5.00. The van der Waals surface area contributed by atoms with Crippen LogP contribution in [0.25, 0.3) is 44.4 Å². The van der Waals surface area contributed by atoms with E-state index in [2.05, 4.69) is 117 Å². The van der Waals surface area contributed by atoms with Crippen molar-refractivity contribution in [3.63, 3.8) is 0 Å². The monoisotopic (exact) mass is 385 g/mol. The van der Waals surface area contributed by atoms with E-state index in [4.69, 9.17) is 4.98 Å². The van der Waals surface area contributed by atoms with Crippen LogP contribution in [-0.2, 0) is 0 Å². The SMILES string of the molecule is Cc1ccccc1-c1ccc2nc(-c3cccc(-c4ccccc4)c3C)ccc2c1. The van der Waals surface area contributed by atoms with Gasteiger partial charge in [-0.2, -0.15) is 0 Å². The highest BCUT2D eigenvalue weighted by atomic mass is 14.7. The molecule has 0 unspecified atom stereocenters. The average Bonchev–Trinajstić information content (AvgIpc) is 2.79. The Labute approximate surface area is 177 Å². The number of nitrogens with zero attached hydrogens (tertiary/aromatic N) is 1. The summed E-state index contributed by atoms with van der Waals surface area (Å²) in [5.41, 5.74) is 10.8. The number of pyridine rings is 1. The predicted octanol–water partition coefficient (Wildman–Crippen LogP) is 7.85. The van der Waals surface area contributed by atoms with Crippen molar-refractivity contribution >= 4 is 10.9 Å². The Morgan fingerprint density at radius 3 is 2.10 bits per heavy atom. The molecule has 0 saturated carbocycles. The summed E-state index contributed by atoms with van der Waals surface area (Å²) >= 11 is 0. The van der Waals surface area contributed by atoms with E-state index in [-0.39, 0.29) is 0 Å². The van der Waals surface area contributed by atoms with Crippen LogP contribution in [0.5, 0.6) is 0 Å². The van der Waals surface area contributed by atoms with E-state index < -0.39 is 0 Å². The molecule has 4 aromatic carbocycles. The molecular weight excluding hydrogens is 362 g/mol. The Bertz CT molecular complexity index is 1350. The first kappa shape index (κ1) is 18.3. The van der Waals surface area contributed by atoms with Gasteiger partial charge < -0.3 is 0 Å². The largest absolute Gasteiger partial charge is 0.248 e. The van der Waals surface area contributed by atoms with Gasteiger partial charge in [-0.25, -0.2) is 4.98 Å². The molecule has 0 fully saturated rings. The van der Waals surface area contributed by atoms with E-state index in [1.54, 1.807) is 0 Å². The third-order valence-corrected chi connectivity index (χ3v) is 5.84. The fraction of sp³-hybridized carbons (Fsp3) is 0.0690. The summed E-state index contributed by atoms with van der Waals surface area (Å²) in [6.45, 7) is 4.34. The van der Waals surface area contributed by atoms with Crippen LogP contribution < -0.4 is 0 Å². The lowest BCUT2D eigenvalue weighted by Gasteiger charge is -2.12. The minimum absolute atomic E-state index is 1.02. The minimum atomic E-state index is 1.02. The van der Waals surface area contributed by atoms with Crippen LogP contribution in [0.15, 0.2) is 103 Å². The third-order valence-electron chi connectivity index (χ3n) is 5.84. The van der Waals surface area contributed by atoms with Crippen molar-refractivity contribution in [1.29, 1.82) is 0 Å². The molecule has 0 N–H and O–H groups in total. The molecule has 0 saturated heterocycles. The summed E-state index contributed by atoms with van der Waals surface area (Å²) in [5, 5.41) is 1.16. The number of hydrogen-bond acceptors (Lipinski definition) is 1. The Hall–Kier alpha value is -3.71. The fourth-order valence-electron chi connectivity index (χ4n) is 4.18. The summed E-state index contributed by atoms with van der Waals surface area (Å²) in [6, 6.07) is 36.4. The van der Waals surface area contributed by atoms with Crippen LogP contribution >= 0.6 is 0 Å². The Morgan fingerprint density at radius 2 is 1.27 bits per heavy atom. The zero-order valence-electron chi connectivity index (χ0n) is 17.3. The molecule has 0 amide bonds. The van der Waals surface area contributed by atoms with Crippen LogP contribution in [0.2, 0.25) is 0 Å². The van der Waals surface area contributed by atoms with E-state index in [1.165, 1.54) is 38.9 Å². The van der Waals surface area contributed by atoms with Crippen molar-refractivity contribution in [3.8, 4) is 33.5 Å². The number of benzene rings is 4. The quantitative estimate of drug-likeness (QED) is 0.308. The van der Waals surface area contributed by atoms with Crippen molar-refractivity contribution < 1.29 is 0 Å². The van der Waals surface area contributed by atoms with Gasteiger partial charge in [0, 0.05) is 10.9 Å². The molecule has 0 aliphatic heterocycles. The van der Waals surface area contributed by atoms with Crippen LogP contribution in [-0.4, -0.2) is 4.98 Å². The first-order valence-electron chi connectivity index (χ1n) is 10.3. The molecule has 0 bridgehead atoms. The number of aromatic nitrogens is 1. The second-order valence-electron chi connectivity index (χ2n) is 7.76. The summed E-state index contributed by atoms with van der Waals surface area (Å²) in [4.78, 5) is 5.00. The van der Waals surface area contributed by atoms with Crippen LogP contribution in [0.4, 0.5) is 0 Å². The van der Waals surface area contributed by atoms with Crippen molar-refractivity contribution in [3.05, 3.63) is 114 Å². The molecular formula is C29H23N. The van der Waals surface area contributed by atoms with Crippen molar-refractivity contribution in [1.82, 2.24) is 4.98 Å². The van der Waals surface area contributed by atoms with Crippen LogP contribution in [0, 0.1) is 13.8 Å². The van der Waals surface area contributed by atoms with Gasteiger partial charge in [0.1, 0.15) is 0 Å². The van der Waals surface area contributed by atoms with Crippen molar-refractivity contribution in [2.24, 2.45) is 0 Å².